The summed E-state index contributed by atoms with van der Waals surface area (Å²) in [5, 5.41) is 3.34. The van der Waals surface area contributed by atoms with E-state index >= 15 is 0 Å². The smallest absolute Gasteiger partial charge is 0.0348 e. The Balaban J connectivity index is 1.81. The molecule has 1 saturated heterocycles. The van der Waals surface area contributed by atoms with Crippen LogP contribution < -0.4 is 5.32 Å². The standard InChI is InChI=1S/C9H18N2/c1-2-5-11(8-3-4-8)9-6-10-7-9/h8-10H,2-7H2,1H3. The third-order valence-corrected chi connectivity index (χ3v) is 2.73. The summed E-state index contributed by atoms with van der Waals surface area (Å²) >= 11 is 0. The van der Waals surface area contributed by atoms with Gasteiger partial charge in [-0.2, -0.15) is 0 Å². The Hall–Kier alpha value is -0.0800. The van der Waals surface area contributed by atoms with E-state index in [1.54, 1.807) is 0 Å². The fourth-order valence-electron chi connectivity index (χ4n) is 1.84. The van der Waals surface area contributed by atoms with Crippen LogP contribution in [0.2, 0.25) is 0 Å². The molecule has 0 atom stereocenters. The van der Waals surface area contributed by atoms with E-state index in [-0.39, 0.29) is 0 Å². The summed E-state index contributed by atoms with van der Waals surface area (Å²) in [6.07, 6.45) is 4.22. The minimum absolute atomic E-state index is 0.877. The Morgan fingerprint density at radius 3 is 2.36 bits per heavy atom. The van der Waals surface area contributed by atoms with E-state index in [4.69, 9.17) is 0 Å². The van der Waals surface area contributed by atoms with Crippen LogP contribution in [0.25, 0.3) is 0 Å². The Morgan fingerprint density at radius 1 is 1.27 bits per heavy atom. The quantitative estimate of drug-likeness (QED) is 0.645. The van der Waals surface area contributed by atoms with Crippen LogP contribution in [0.4, 0.5) is 0 Å². The van der Waals surface area contributed by atoms with Crippen LogP contribution in [0, 0.1) is 0 Å². The first kappa shape index (κ1) is 7.56. The SMILES string of the molecule is CCCN(C1CC1)C1CNC1. The van der Waals surface area contributed by atoms with Crippen molar-refractivity contribution in [1.82, 2.24) is 10.2 Å². The van der Waals surface area contributed by atoms with Gasteiger partial charge in [0.05, 0.1) is 0 Å². The van der Waals surface area contributed by atoms with Gasteiger partial charge >= 0.3 is 0 Å². The highest BCUT2D eigenvalue weighted by Crippen LogP contribution is 2.29. The highest BCUT2D eigenvalue weighted by atomic mass is 15.3. The summed E-state index contributed by atoms with van der Waals surface area (Å²) in [4.78, 5) is 2.70. The molecule has 2 fully saturated rings. The second-order valence-corrected chi connectivity index (χ2v) is 3.78. The van der Waals surface area contributed by atoms with Gasteiger partial charge in [-0.3, -0.25) is 4.90 Å². The molecule has 0 bridgehead atoms. The Bertz CT molecular complexity index is 128. The van der Waals surface area contributed by atoms with E-state index in [0.29, 0.717) is 0 Å². The van der Waals surface area contributed by atoms with Crippen molar-refractivity contribution >= 4 is 0 Å². The molecular weight excluding hydrogens is 136 g/mol. The third kappa shape index (κ3) is 1.57. The lowest BCUT2D eigenvalue weighted by Gasteiger charge is -2.38. The van der Waals surface area contributed by atoms with Crippen LogP contribution in [0.15, 0.2) is 0 Å². The Kier molecular flexibility index (Phi) is 2.14. The van der Waals surface area contributed by atoms with Crippen LogP contribution in [-0.4, -0.2) is 36.6 Å². The zero-order valence-corrected chi connectivity index (χ0v) is 7.34. The van der Waals surface area contributed by atoms with Crippen LogP contribution in [-0.2, 0) is 0 Å². The molecule has 2 rings (SSSR count). The normalized spacial score (nSPS) is 25.6. The molecule has 0 spiro atoms. The fourth-order valence-corrected chi connectivity index (χ4v) is 1.84. The molecule has 11 heavy (non-hydrogen) atoms. The zero-order valence-electron chi connectivity index (χ0n) is 7.34. The van der Waals surface area contributed by atoms with Crippen molar-refractivity contribution in [2.24, 2.45) is 0 Å². The molecular formula is C9H18N2. The van der Waals surface area contributed by atoms with Gasteiger partial charge in [0.1, 0.15) is 0 Å². The number of nitrogens with zero attached hydrogens (tertiary/aromatic N) is 1. The van der Waals surface area contributed by atoms with Crippen molar-refractivity contribution in [2.75, 3.05) is 19.6 Å². The maximum Gasteiger partial charge on any atom is 0.0348 e. The van der Waals surface area contributed by atoms with E-state index in [1.165, 1.54) is 38.9 Å². The van der Waals surface area contributed by atoms with Gasteiger partial charge in [-0.15, -0.1) is 0 Å². The van der Waals surface area contributed by atoms with Gasteiger partial charge in [0, 0.05) is 25.2 Å². The number of nitrogens with one attached hydrogen (secondary N) is 1. The lowest BCUT2D eigenvalue weighted by atomic mass is 10.1. The number of hydrogen-bond acceptors (Lipinski definition) is 2. The molecule has 0 aromatic rings. The van der Waals surface area contributed by atoms with Gasteiger partial charge in [-0.05, 0) is 25.8 Å². The Labute approximate surface area is 69.0 Å². The first-order valence-electron chi connectivity index (χ1n) is 4.88. The predicted octanol–water partition coefficient (Wildman–Crippen LogP) is 0.833. The van der Waals surface area contributed by atoms with Crippen molar-refractivity contribution in [3.05, 3.63) is 0 Å². The van der Waals surface area contributed by atoms with Gasteiger partial charge in [0.2, 0.25) is 0 Å². The lowest BCUT2D eigenvalue weighted by Crippen LogP contribution is -2.57. The summed E-state index contributed by atoms with van der Waals surface area (Å²) in [5.41, 5.74) is 0. The van der Waals surface area contributed by atoms with Crippen molar-refractivity contribution in [3.63, 3.8) is 0 Å². The molecule has 0 amide bonds. The monoisotopic (exact) mass is 154 g/mol. The van der Waals surface area contributed by atoms with E-state index in [0.717, 1.165) is 12.1 Å². The summed E-state index contributed by atoms with van der Waals surface area (Å²) in [5.74, 6) is 0. The van der Waals surface area contributed by atoms with E-state index in [9.17, 15) is 0 Å². The average Bonchev–Trinajstić information content (AvgIpc) is 2.63. The van der Waals surface area contributed by atoms with Gasteiger partial charge in [-0.1, -0.05) is 6.92 Å². The van der Waals surface area contributed by atoms with E-state index < -0.39 is 0 Å². The average molecular weight is 154 g/mol. The minimum Gasteiger partial charge on any atom is -0.314 e. The Morgan fingerprint density at radius 2 is 2.00 bits per heavy atom. The van der Waals surface area contributed by atoms with Crippen molar-refractivity contribution in [3.8, 4) is 0 Å². The van der Waals surface area contributed by atoms with Crippen LogP contribution in [0.5, 0.6) is 0 Å². The molecule has 0 aromatic heterocycles. The van der Waals surface area contributed by atoms with Crippen LogP contribution in [0.1, 0.15) is 26.2 Å². The maximum absolute atomic E-state index is 3.34. The molecule has 1 saturated carbocycles. The topological polar surface area (TPSA) is 15.3 Å². The van der Waals surface area contributed by atoms with Gasteiger partial charge in [-0.25, -0.2) is 0 Å². The minimum atomic E-state index is 0.877. The highest BCUT2D eigenvalue weighted by molar-refractivity contribution is 4.93. The molecule has 1 aliphatic heterocycles. The van der Waals surface area contributed by atoms with Crippen LogP contribution in [0.3, 0.4) is 0 Å². The summed E-state index contributed by atoms with van der Waals surface area (Å²) in [6, 6.07) is 1.84. The first-order valence-corrected chi connectivity index (χ1v) is 4.88. The van der Waals surface area contributed by atoms with Gasteiger partial charge < -0.3 is 5.32 Å². The molecule has 2 aliphatic rings. The molecule has 0 radical (unpaired) electrons. The van der Waals surface area contributed by atoms with Crippen molar-refractivity contribution in [1.29, 1.82) is 0 Å². The van der Waals surface area contributed by atoms with Crippen molar-refractivity contribution in [2.45, 2.75) is 38.3 Å². The van der Waals surface area contributed by atoms with Gasteiger partial charge in [0.25, 0.3) is 0 Å². The second kappa shape index (κ2) is 3.11. The zero-order chi connectivity index (χ0) is 7.68. The van der Waals surface area contributed by atoms with E-state index in [2.05, 4.69) is 17.1 Å². The molecule has 1 N–H and O–H groups in total. The summed E-state index contributed by atoms with van der Waals surface area (Å²) in [7, 11) is 0. The molecule has 1 heterocycles. The molecule has 64 valence electrons. The second-order valence-electron chi connectivity index (χ2n) is 3.78. The largest absolute Gasteiger partial charge is 0.314 e. The third-order valence-electron chi connectivity index (χ3n) is 2.73. The molecule has 0 aromatic carbocycles. The van der Waals surface area contributed by atoms with E-state index in [1.807, 2.05) is 0 Å². The predicted molar refractivity (Wildman–Crippen MR) is 46.7 cm³/mol. The van der Waals surface area contributed by atoms with Crippen molar-refractivity contribution < 1.29 is 0 Å². The first-order chi connectivity index (χ1) is 5.42. The summed E-state index contributed by atoms with van der Waals surface area (Å²) in [6.45, 7) is 6.06. The molecule has 2 nitrogen and oxygen atoms in total. The molecule has 0 unspecified atom stereocenters. The lowest BCUT2D eigenvalue weighted by molar-refractivity contribution is 0.137. The highest BCUT2D eigenvalue weighted by Gasteiger charge is 2.35. The number of rotatable bonds is 4. The van der Waals surface area contributed by atoms with Crippen LogP contribution >= 0.6 is 0 Å². The molecule has 1 aliphatic carbocycles. The summed E-state index contributed by atoms with van der Waals surface area (Å²) < 4.78 is 0. The maximum atomic E-state index is 3.34. The van der Waals surface area contributed by atoms with Gasteiger partial charge in [0.15, 0.2) is 0 Å². The number of hydrogen-bond donors (Lipinski definition) is 1. The fraction of sp³-hybridized carbons (Fsp3) is 1.00. The molecule has 2 heteroatoms.